The van der Waals surface area contributed by atoms with Gasteiger partial charge in [0.2, 0.25) is 0 Å². The number of carbonyl (C=O) groups is 6. The van der Waals surface area contributed by atoms with Crippen LogP contribution in [0.5, 0.6) is 5.75 Å². The van der Waals surface area contributed by atoms with Crippen molar-refractivity contribution in [2.45, 2.75) is 104 Å². The Balaban J connectivity index is 1.68. The molecule has 16 heteroatoms. The Bertz CT molecular complexity index is 2330. The van der Waals surface area contributed by atoms with Crippen molar-refractivity contribution in [3.63, 3.8) is 0 Å². The summed E-state index contributed by atoms with van der Waals surface area (Å²) in [6.07, 6.45) is 10.9. The van der Waals surface area contributed by atoms with Crippen LogP contribution in [0, 0.1) is 17.2 Å². The van der Waals surface area contributed by atoms with Crippen LogP contribution in [-0.2, 0) is 79.5 Å². The molecule has 0 radical (unpaired) electrons. The van der Waals surface area contributed by atoms with Crippen molar-refractivity contribution in [1.82, 2.24) is 0 Å². The fourth-order valence-electron chi connectivity index (χ4n) is 8.39. The average Bonchev–Trinajstić information content (AvgIpc) is 3.39. The zero-order valence-electron chi connectivity index (χ0n) is 43.4. The summed E-state index contributed by atoms with van der Waals surface area (Å²) in [4.78, 5) is 75.9. The monoisotopic (exact) mass is 1020 g/mol. The summed E-state index contributed by atoms with van der Waals surface area (Å²) in [5.74, 6) is -5.78. The van der Waals surface area contributed by atoms with Crippen LogP contribution in [0.4, 0.5) is 4.39 Å². The second-order valence-electron chi connectivity index (χ2n) is 18.6. The molecule has 398 valence electrons. The van der Waals surface area contributed by atoms with E-state index in [9.17, 15) is 28.8 Å². The highest BCUT2D eigenvalue weighted by Crippen LogP contribution is 2.40. The van der Waals surface area contributed by atoms with Gasteiger partial charge in [0.1, 0.15) is 56.6 Å². The first-order chi connectivity index (χ1) is 35.0. The Morgan fingerprint density at radius 2 is 1.10 bits per heavy atom. The van der Waals surface area contributed by atoms with Crippen molar-refractivity contribution in [1.29, 1.82) is 0 Å². The maximum atomic E-state index is 16.0. The third-order valence-corrected chi connectivity index (χ3v) is 12.7. The second-order valence-corrected chi connectivity index (χ2v) is 18.6. The molecule has 1 aliphatic rings. The molecule has 0 atom stereocenters. The fourth-order valence-corrected chi connectivity index (χ4v) is 8.39. The standard InChI is InChI=1S/C57H73FO15/c1-9-11-12-14-40-16-18-42(19-17-40)43-20-24-48(49(58)33-43)45-21-23-47(41(10-2)31-45)44-22-25-50(46(32-44)15-13-26-67-51(59)38(3)4)70-34-57(35-71-52(60)39(5)6,36-72-55(63)53(61)68-29-27-65-7)37-73-56(64)54(62)69-30-28-66-8/h20-25,31-33,40,42H,3,5,9-19,26-30,34-37H2,1-2,4,6-8H3. The van der Waals surface area contributed by atoms with Crippen molar-refractivity contribution in [3.8, 4) is 28.0 Å². The Morgan fingerprint density at radius 3 is 1.66 bits per heavy atom. The lowest BCUT2D eigenvalue weighted by atomic mass is 9.77. The van der Waals surface area contributed by atoms with Crippen molar-refractivity contribution < 1.29 is 75.8 Å². The third-order valence-electron chi connectivity index (χ3n) is 12.7. The molecular weight excluding hydrogens is 944 g/mol. The number of benzene rings is 3. The number of rotatable bonds is 29. The van der Waals surface area contributed by atoms with Crippen molar-refractivity contribution in [2.75, 3.05) is 73.7 Å². The second kappa shape index (κ2) is 30.6. The SMILES string of the molecule is C=C(C)C(=O)OCCCc1cc(-c2ccc(-c3ccc(C4CCC(CCCCC)CC4)cc3F)cc2CC)ccc1OCC(COC(=O)C(=C)C)(COC(=O)C(=O)OCCOC)COC(=O)C(=O)OCCOC. The van der Waals surface area contributed by atoms with E-state index in [1.807, 2.05) is 43.3 Å². The minimum atomic E-state index is -1.77. The van der Waals surface area contributed by atoms with E-state index in [4.69, 9.17) is 42.6 Å². The van der Waals surface area contributed by atoms with Gasteiger partial charge < -0.3 is 42.6 Å². The molecule has 0 N–H and O–H groups in total. The number of ether oxygens (including phenoxy) is 9. The molecule has 1 saturated carbocycles. The van der Waals surface area contributed by atoms with Gasteiger partial charge in [-0.25, -0.2) is 33.2 Å². The lowest BCUT2D eigenvalue weighted by Crippen LogP contribution is -2.45. The highest BCUT2D eigenvalue weighted by Gasteiger charge is 2.39. The summed E-state index contributed by atoms with van der Waals surface area (Å²) in [7, 11) is 2.75. The molecule has 3 aromatic rings. The molecule has 1 aliphatic carbocycles. The van der Waals surface area contributed by atoms with Gasteiger partial charge in [-0.2, -0.15) is 0 Å². The van der Waals surface area contributed by atoms with Crippen LogP contribution in [0.3, 0.4) is 0 Å². The van der Waals surface area contributed by atoms with E-state index in [1.165, 1.54) is 59.7 Å². The van der Waals surface area contributed by atoms with Crippen LogP contribution in [-0.4, -0.2) is 109 Å². The zero-order valence-corrected chi connectivity index (χ0v) is 43.4. The smallest absolute Gasteiger partial charge is 0.417 e. The molecule has 0 bridgehead atoms. The minimum Gasteiger partial charge on any atom is -0.492 e. The number of esters is 6. The van der Waals surface area contributed by atoms with Crippen LogP contribution >= 0.6 is 0 Å². The summed E-state index contributed by atoms with van der Waals surface area (Å²) in [6, 6.07) is 17.0. The van der Waals surface area contributed by atoms with E-state index in [0.717, 1.165) is 46.6 Å². The first-order valence-electron chi connectivity index (χ1n) is 25.0. The third kappa shape index (κ3) is 18.9. The number of aryl methyl sites for hydroxylation is 2. The van der Waals surface area contributed by atoms with Crippen molar-refractivity contribution in [2.24, 2.45) is 11.3 Å². The zero-order chi connectivity index (χ0) is 53.3. The van der Waals surface area contributed by atoms with Gasteiger partial charge in [-0.1, -0.05) is 89.1 Å². The molecule has 0 saturated heterocycles. The summed E-state index contributed by atoms with van der Waals surface area (Å²) >= 11 is 0. The van der Waals surface area contributed by atoms with Crippen LogP contribution in [0.15, 0.2) is 78.9 Å². The van der Waals surface area contributed by atoms with E-state index in [-0.39, 0.29) is 50.0 Å². The van der Waals surface area contributed by atoms with Gasteiger partial charge in [0.25, 0.3) is 0 Å². The molecule has 73 heavy (non-hydrogen) atoms. The number of hydrogen-bond acceptors (Lipinski definition) is 15. The topological polar surface area (TPSA) is 185 Å². The molecule has 0 spiro atoms. The van der Waals surface area contributed by atoms with Crippen LogP contribution in [0.2, 0.25) is 0 Å². The summed E-state index contributed by atoms with van der Waals surface area (Å²) in [5, 5.41) is 0. The van der Waals surface area contributed by atoms with Gasteiger partial charge >= 0.3 is 35.8 Å². The summed E-state index contributed by atoms with van der Waals surface area (Å²) in [6.45, 7) is 11.4. The lowest BCUT2D eigenvalue weighted by Gasteiger charge is -2.32. The van der Waals surface area contributed by atoms with Crippen LogP contribution in [0.25, 0.3) is 22.3 Å². The maximum absolute atomic E-state index is 16.0. The van der Waals surface area contributed by atoms with Crippen LogP contribution in [0.1, 0.15) is 108 Å². The molecule has 4 rings (SSSR count). The highest BCUT2D eigenvalue weighted by molar-refractivity contribution is 6.30. The molecule has 0 amide bonds. The number of methoxy groups -OCH3 is 2. The molecule has 0 aliphatic heterocycles. The number of carbonyl (C=O) groups excluding carboxylic acids is 6. The van der Waals surface area contributed by atoms with Gasteiger partial charge in [0.05, 0.1) is 19.8 Å². The highest BCUT2D eigenvalue weighted by atomic mass is 19.1. The summed E-state index contributed by atoms with van der Waals surface area (Å²) in [5.41, 5.74) is 4.09. The first kappa shape index (κ1) is 59.2. The molecule has 0 heterocycles. The quantitative estimate of drug-likeness (QED) is 0.0210. The predicted molar refractivity (Wildman–Crippen MR) is 271 cm³/mol. The predicted octanol–water partition coefficient (Wildman–Crippen LogP) is 9.58. The van der Waals surface area contributed by atoms with E-state index in [0.29, 0.717) is 42.1 Å². The van der Waals surface area contributed by atoms with E-state index in [1.54, 1.807) is 19.1 Å². The molecular formula is C57H73FO15. The average molecular weight is 1020 g/mol. The Morgan fingerprint density at radius 1 is 0.575 bits per heavy atom. The minimum absolute atomic E-state index is 0.00100. The molecule has 0 aromatic heterocycles. The number of hydrogen-bond donors (Lipinski definition) is 0. The number of unbranched alkanes of at least 4 members (excludes halogenated alkanes) is 2. The van der Waals surface area contributed by atoms with Gasteiger partial charge in [-0.05, 0) is 122 Å². The van der Waals surface area contributed by atoms with Gasteiger partial charge in [-0.15, -0.1) is 0 Å². The van der Waals surface area contributed by atoms with Crippen molar-refractivity contribution >= 4 is 35.8 Å². The van der Waals surface area contributed by atoms with Gasteiger partial charge in [-0.3, -0.25) is 0 Å². The molecule has 0 unspecified atom stereocenters. The lowest BCUT2D eigenvalue weighted by molar-refractivity contribution is -0.179. The van der Waals surface area contributed by atoms with Crippen molar-refractivity contribution in [3.05, 3.63) is 101 Å². The normalized spacial score (nSPS) is 14.3. The van der Waals surface area contributed by atoms with Crippen LogP contribution < -0.4 is 4.74 Å². The van der Waals surface area contributed by atoms with E-state index < -0.39 is 67.7 Å². The number of halogens is 1. The Kier molecular flexibility index (Phi) is 24.8. The van der Waals surface area contributed by atoms with Gasteiger partial charge in [0.15, 0.2) is 0 Å². The van der Waals surface area contributed by atoms with Gasteiger partial charge in [0, 0.05) is 30.9 Å². The van der Waals surface area contributed by atoms with E-state index >= 15 is 4.39 Å². The Hall–Kier alpha value is -6.39. The summed E-state index contributed by atoms with van der Waals surface area (Å²) < 4.78 is 63.6. The largest absolute Gasteiger partial charge is 0.492 e. The fraction of sp³-hybridized carbons (Fsp3) is 0.509. The maximum Gasteiger partial charge on any atom is 0.417 e. The molecule has 15 nitrogen and oxygen atoms in total. The molecule has 3 aromatic carbocycles. The Labute approximate surface area is 429 Å². The first-order valence-corrected chi connectivity index (χ1v) is 25.0. The van der Waals surface area contributed by atoms with E-state index in [2.05, 4.69) is 26.1 Å². The molecule has 1 fully saturated rings.